The molecule has 0 saturated carbocycles. The highest BCUT2D eigenvalue weighted by Gasteiger charge is 2.45. The molecule has 0 radical (unpaired) electrons. The van der Waals surface area contributed by atoms with Crippen LogP contribution in [0, 0.1) is 24.0 Å². The Morgan fingerprint density at radius 2 is 1.98 bits per heavy atom. The summed E-state index contributed by atoms with van der Waals surface area (Å²) in [5, 5.41) is 20.5. The van der Waals surface area contributed by atoms with Gasteiger partial charge < -0.3 is 10.4 Å². The Hall–Kier alpha value is -3.96. The van der Waals surface area contributed by atoms with Gasteiger partial charge in [0, 0.05) is 48.7 Å². The number of hydrogen-bond donors (Lipinski definition) is 3. The lowest BCUT2D eigenvalue weighted by Crippen LogP contribution is -2.50. The highest BCUT2D eigenvalue weighted by Crippen LogP contribution is 2.40. The Balaban J connectivity index is 1.46. The van der Waals surface area contributed by atoms with E-state index < -0.39 is 23.0 Å². The number of aliphatic carboxylic acids is 1. The molecule has 1 saturated heterocycles. The number of halogens is 3. The third-order valence-electron chi connectivity index (χ3n) is 7.35. The predicted octanol–water partition coefficient (Wildman–Crippen LogP) is 5.54. The molecule has 1 aromatic carbocycles. The first kappa shape index (κ1) is 27.6. The molecule has 1 fully saturated rings. The number of aromatic nitrogens is 5. The molecule has 4 heterocycles. The molecule has 5 rings (SSSR count). The van der Waals surface area contributed by atoms with Crippen LogP contribution in [0.4, 0.5) is 20.4 Å². The fourth-order valence-corrected chi connectivity index (χ4v) is 5.42. The van der Waals surface area contributed by atoms with Crippen molar-refractivity contribution in [3.8, 4) is 11.4 Å². The lowest BCUT2D eigenvalue weighted by Gasteiger charge is -2.43. The number of nitrogens with one attached hydrogen (secondary N) is 2. The molecule has 1 aliphatic rings. The van der Waals surface area contributed by atoms with Gasteiger partial charge >= 0.3 is 5.97 Å². The van der Waals surface area contributed by atoms with Gasteiger partial charge in [0.15, 0.2) is 17.5 Å². The number of aromatic amines is 1. The first-order chi connectivity index (χ1) is 19.1. The maximum atomic E-state index is 16.0. The highest BCUT2D eigenvalue weighted by atomic mass is 35.5. The van der Waals surface area contributed by atoms with Crippen LogP contribution in [0.5, 0.6) is 0 Å². The minimum Gasteiger partial charge on any atom is -0.481 e. The van der Waals surface area contributed by atoms with E-state index in [1.54, 1.807) is 24.3 Å². The Bertz CT molecular complexity index is 1530. The molecule has 1 aliphatic heterocycles. The number of hydrogen-bond acceptors (Lipinski definition) is 7. The lowest BCUT2D eigenvalue weighted by molar-refractivity contribution is -0.153. The van der Waals surface area contributed by atoms with Gasteiger partial charge in [-0.25, -0.2) is 23.7 Å². The minimum atomic E-state index is -1.28. The molecule has 9 nitrogen and oxygen atoms in total. The average molecular weight is 568 g/mol. The van der Waals surface area contributed by atoms with E-state index in [4.69, 9.17) is 11.6 Å². The van der Waals surface area contributed by atoms with Crippen molar-refractivity contribution in [2.45, 2.75) is 45.7 Å². The van der Waals surface area contributed by atoms with Crippen LogP contribution in [0.2, 0.25) is 5.02 Å². The van der Waals surface area contributed by atoms with Crippen LogP contribution in [0.3, 0.4) is 0 Å². The number of piperidine rings is 1. The summed E-state index contributed by atoms with van der Waals surface area (Å²) in [6, 6.07) is 9.49. The lowest BCUT2D eigenvalue weighted by atomic mass is 9.72. The van der Waals surface area contributed by atoms with E-state index in [-0.39, 0.29) is 59.8 Å². The van der Waals surface area contributed by atoms with E-state index in [9.17, 15) is 14.3 Å². The zero-order valence-electron chi connectivity index (χ0n) is 22.0. The van der Waals surface area contributed by atoms with Gasteiger partial charge in [0.05, 0.1) is 21.7 Å². The third kappa shape index (κ3) is 5.66. The van der Waals surface area contributed by atoms with Crippen LogP contribution in [0.1, 0.15) is 36.7 Å². The smallest absolute Gasteiger partial charge is 0.310 e. The van der Waals surface area contributed by atoms with Crippen molar-refractivity contribution >= 4 is 29.2 Å². The molecule has 0 bridgehead atoms. The fourth-order valence-electron chi connectivity index (χ4n) is 5.23. The second kappa shape index (κ2) is 11.3. The standard InChI is InChI=1S/C28H28ClF2N7O2/c1-16-11-23(37-36-16)35-22-12-19(26-32-8-4-9-33-26)25(31)21(34-22)14-28(27(39)40)7-10-38(17(2)13-28)15-18-5-3-6-20(29)24(18)30/h3-6,8-9,11-12,17H,7,10,13-15H2,1-2H3,(H,39,40)(H2,34,35,36,37)/t17-,28-/m1/s1. The summed E-state index contributed by atoms with van der Waals surface area (Å²) >= 11 is 5.95. The molecular weight excluding hydrogens is 540 g/mol. The summed E-state index contributed by atoms with van der Waals surface area (Å²) in [6.07, 6.45) is 3.31. The summed E-state index contributed by atoms with van der Waals surface area (Å²) in [5.41, 5.74) is 0.0633. The molecule has 0 unspecified atom stereocenters. The van der Waals surface area contributed by atoms with Crippen LogP contribution in [-0.4, -0.2) is 53.7 Å². The Morgan fingerprint density at radius 3 is 2.65 bits per heavy atom. The molecule has 0 aliphatic carbocycles. The monoisotopic (exact) mass is 567 g/mol. The maximum absolute atomic E-state index is 16.0. The number of benzene rings is 1. The van der Waals surface area contributed by atoms with Crippen LogP contribution < -0.4 is 5.32 Å². The Morgan fingerprint density at radius 1 is 1.20 bits per heavy atom. The number of aryl methyl sites for hydroxylation is 1. The summed E-state index contributed by atoms with van der Waals surface area (Å²) in [7, 11) is 0. The van der Waals surface area contributed by atoms with E-state index in [1.165, 1.54) is 24.5 Å². The summed E-state index contributed by atoms with van der Waals surface area (Å²) in [6.45, 7) is 4.40. The number of H-pyrrole nitrogens is 1. The van der Waals surface area contributed by atoms with Crippen LogP contribution >= 0.6 is 11.6 Å². The van der Waals surface area contributed by atoms with Gasteiger partial charge in [0.2, 0.25) is 0 Å². The SMILES string of the molecule is Cc1cc(Nc2cc(-c3ncccn3)c(F)c(C[C@@]3(C(=O)O)CCN(Cc4cccc(Cl)c4F)[C@H](C)C3)n2)n[nH]1. The van der Waals surface area contributed by atoms with E-state index in [0.717, 1.165) is 5.69 Å². The van der Waals surface area contributed by atoms with Crippen LogP contribution in [0.25, 0.3) is 11.4 Å². The van der Waals surface area contributed by atoms with E-state index in [2.05, 4.69) is 30.5 Å². The number of carboxylic acid groups (broad SMARTS) is 1. The second-order valence-corrected chi connectivity index (χ2v) is 10.6. The quantitative estimate of drug-likeness (QED) is 0.254. The average Bonchev–Trinajstić information content (AvgIpc) is 3.34. The van der Waals surface area contributed by atoms with Crippen LogP contribution in [-0.2, 0) is 17.8 Å². The molecule has 12 heteroatoms. The second-order valence-electron chi connectivity index (χ2n) is 10.2. The van der Waals surface area contributed by atoms with Crippen molar-refractivity contribution in [1.29, 1.82) is 0 Å². The molecule has 0 amide bonds. The Kier molecular flexibility index (Phi) is 7.77. The first-order valence-corrected chi connectivity index (χ1v) is 13.2. The molecule has 3 aromatic heterocycles. The van der Waals surface area contributed by atoms with Crippen molar-refractivity contribution in [3.63, 3.8) is 0 Å². The predicted molar refractivity (Wildman–Crippen MR) is 146 cm³/mol. The molecule has 4 aromatic rings. The first-order valence-electron chi connectivity index (χ1n) is 12.8. The van der Waals surface area contributed by atoms with E-state index >= 15 is 4.39 Å². The fraction of sp³-hybridized carbons (Fsp3) is 0.321. The van der Waals surface area contributed by atoms with Crippen molar-refractivity contribution in [2.75, 3.05) is 11.9 Å². The Labute approximate surface area is 234 Å². The molecule has 3 N–H and O–H groups in total. The van der Waals surface area contributed by atoms with Gasteiger partial charge in [0.1, 0.15) is 11.6 Å². The molecule has 40 heavy (non-hydrogen) atoms. The van der Waals surface area contributed by atoms with Crippen molar-refractivity contribution in [2.24, 2.45) is 5.41 Å². The van der Waals surface area contributed by atoms with Gasteiger partial charge in [-0.2, -0.15) is 5.10 Å². The van der Waals surface area contributed by atoms with Gasteiger partial charge in [-0.15, -0.1) is 0 Å². The van der Waals surface area contributed by atoms with Crippen molar-refractivity contribution in [3.05, 3.63) is 82.4 Å². The number of carbonyl (C=O) groups is 1. The summed E-state index contributed by atoms with van der Waals surface area (Å²) in [5.74, 6) is -1.27. The number of likely N-dealkylation sites (tertiary alicyclic amines) is 1. The summed E-state index contributed by atoms with van der Waals surface area (Å²) < 4.78 is 30.5. The molecule has 2 atom stereocenters. The number of nitrogens with zero attached hydrogens (tertiary/aromatic N) is 5. The van der Waals surface area contributed by atoms with Crippen molar-refractivity contribution in [1.82, 2.24) is 30.0 Å². The highest BCUT2D eigenvalue weighted by molar-refractivity contribution is 6.30. The van der Waals surface area contributed by atoms with Crippen LogP contribution in [0.15, 0.2) is 48.8 Å². The number of carboxylic acids is 1. The third-order valence-corrected chi connectivity index (χ3v) is 7.64. The van der Waals surface area contributed by atoms with E-state index in [1.807, 2.05) is 18.7 Å². The topological polar surface area (TPSA) is 120 Å². The van der Waals surface area contributed by atoms with Gasteiger partial charge in [0.25, 0.3) is 0 Å². The summed E-state index contributed by atoms with van der Waals surface area (Å²) in [4.78, 5) is 27.6. The maximum Gasteiger partial charge on any atom is 0.310 e. The van der Waals surface area contributed by atoms with Gasteiger partial charge in [-0.1, -0.05) is 23.7 Å². The van der Waals surface area contributed by atoms with Crippen molar-refractivity contribution < 1.29 is 18.7 Å². The number of anilines is 2. The molecular formula is C28H28ClF2N7O2. The number of pyridine rings is 1. The molecule has 208 valence electrons. The van der Waals surface area contributed by atoms with Gasteiger partial charge in [-0.3, -0.25) is 14.8 Å². The zero-order valence-corrected chi connectivity index (χ0v) is 22.7. The normalized spacial score (nSPS) is 19.5. The minimum absolute atomic E-state index is 0.0105. The largest absolute Gasteiger partial charge is 0.481 e. The van der Waals surface area contributed by atoms with E-state index in [0.29, 0.717) is 17.9 Å². The van der Waals surface area contributed by atoms with Gasteiger partial charge in [-0.05, 0) is 51.4 Å². The molecule has 0 spiro atoms. The zero-order chi connectivity index (χ0) is 28.4. The number of rotatable bonds is 8.